The maximum Gasteiger partial charge on any atom is 0.281 e. The first-order valence-corrected chi connectivity index (χ1v) is 51.9. The number of halogens is 2. The predicted octanol–water partition coefficient (Wildman–Crippen LogP) is 14.7. The normalized spacial score (nSPS) is 16.4. The Labute approximate surface area is 810 Å². The van der Waals surface area contributed by atoms with Crippen molar-refractivity contribution in [2.24, 2.45) is 23.7 Å². The number of anilines is 7. The first kappa shape index (κ1) is 104. The van der Waals surface area contributed by atoms with Crippen molar-refractivity contribution in [2.45, 2.75) is 191 Å². The summed E-state index contributed by atoms with van der Waals surface area (Å²) in [5.41, 5.74) is 21.8. The van der Waals surface area contributed by atoms with E-state index in [1.807, 2.05) is 76.2 Å². The Balaban J connectivity index is 0.000000167. The highest BCUT2D eigenvalue weighted by atomic mass is 32.2. The van der Waals surface area contributed by atoms with E-state index >= 15 is 0 Å². The van der Waals surface area contributed by atoms with Gasteiger partial charge in [-0.3, -0.25) is 24.3 Å². The molecule has 0 spiro atoms. The van der Waals surface area contributed by atoms with Gasteiger partial charge in [-0.05, 0) is 243 Å². The standard InChI is InChI=1S/C27H32FN5O4S.C25H30FN5O4S.C25H30N6O4S.C21H28N4O3S/c1-16(2)15-37-21-13-19(12-20(28)14-21)23-11-10-22(26(30-23)33-17(3)8-9-18(33)4)27(34)32-38(35,36)25-7-5-6-24(29)31-25;1-16(2)15-35-20-12-18(11-19(26)13-20)22-7-6-21(24(28-22)31-10-4-5-17(3)14-31)25(32)30-36(33,34)23-8-9-27-29-23;1-16(2)35-22-12-9-18(14-27-22)20-11-10-19(24(28-20)31-13-5-6-17(3)15-31)25(32)30-36(33,34)23-8-4-7-21(26)29-23;1-21(2,3)18-12-11-17(19(23-18)25-13-5-4-6-14-25)20(26)24-29(27,28)16-9-7-15(22)8-10-16/h5-7,10-14,16-18H,8-9,15H2,1-4H3,(H2,29,31)(H,32,34);6-9,11-13,16-17H,4-5,10,14-15H2,1-3H3,(H,27,29)(H,30,32);4,7-12,14,16-17H,5-6,13,15H2,1-3H3,(H2,26,29)(H,30,32);7-12H,4-6,13-14,22H2,1-3H3,(H,24,26)/t17-,18+;;17-;/m..1./s1. The number of carbonyl (C=O) groups is 4. The number of rotatable bonds is 27. The van der Waals surface area contributed by atoms with Crippen molar-refractivity contribution >= 4 is 104 Å². The average Bonchev–Trinajstić information content (AvgIpc) is 1.68. The van der Waals surface area contributed by atoms with E-state index in [1.54, 1.807) is 60.8 Å². The zero-order valence-corrected chi connectivity index (χ0v) is 83.2. The van der Waals surface area contributed by atoms with Gasteiger partial charge in [-0.1, -0.05) is 74.4 Å². The Kier molecular flexibility index (Phi) is 34.1. The second-order valence-electron chi connectivity index (χ2n) is 37.0. The Morgan fingerprint density at radius 2 is 0.892 bits per heavy atom. The van der Waals surface area contributed by atoms with Crippen LogP contribution in [0.1, 0.15) is 195 Å². The summed E-state index contributed by atoms with van der Waals surface area (Å²) in [4.78, 5) is 91.7. The molecule has 0 aliphatic carbocycles. The predicted molar refractivity (Wildman–Crippen MR) is 529 cm³/mol. The van der Waals surface area contributed by atoms with E-state index in [4.69, 9.17) is 51.3 Å². The van der Waals surface area contributed by atoms with Gasteiger partial charge in [0.15, 0.2) is 15.1 Å². The van der Waals surface area contributed by atoms with E-state index < -0.39 is 75.4 Å². The summed E-state index contributed by atoms with van der Waals surface area (Å²) in [7, 11) is -16.7. The summed E-state index contributed by atoms with van der Waals surface area (Å²) in [6.07, 6.45) is 11.9. The SMILES string of the molecule is CC(C)(C)c1ccc(C(=O)NS(=O)(=O)c2ccc(N)cc2)c(N2CCCCC2)n1.CC(C)COc1cc(F)cc(-c2ccc(C(=O)NS(=O)(=O)c3cccc(N)n3)c(N3[C@H](C)CC[C@@H]3C)n2)c1.CC(C)COc1cc(F)cc(-c2ccc(C(=O)NS(=O)(=O)c3ccn[nH]3)c(N3CCCC(C)C3)n2)c1.CC(C)Oc1ccc(-c2ccc(C(=O)NS(=O)(=O)c3cccc(N)n3)c(N3CCC[C@@H](C)C3)n2)cn1. The minimum Gasteiger partial charge on any atom is -0.493 e. The molecule has 4 fully saturated rings. The molecular formula is C98H120F2N20O15S4. The summed E-state index contributed by atoms with van der Waals surface area (Å²) < 4.78 is 156. The van der Waals surface area contributed by atoms with Crippen LogP contribution in [0.4, 0.5) is 49.4 Å². The molecule has 139 heavy (non-hydrogen) atoms. The number of ether oxygens (including phenoxy) is 3. The molecule has 41 heteroatoms. The molecule has 4 atom stereocenters. The first-order valence-electron chi connectivity index (χ1n) is 45.9. The Morgan fingerprint density at radius 3 is 1.32 bits per heavy atom. The lowest BCUT2D eigenvalue weighted by Crippen LogP contribution is -2.38. The van der Waals surface area contributed by atoms with Crippen LogP contribution in [0.15, 0.2) is 196 Å². The van der Waals surface area contributed by atoms with Crippen LogP contribution in [0, 0.1) is 35.3 Å². The Hall–Kier alpha value is -13.5. The maximum atomic E-state index is 14.5. The van der Waals surface area contributed by atoms with Gasteiger partial charge in [0.1, 0.15) is 58.0 Å². The number of aromatic amines is 1. The molecule has 0 saturated carbocycles. The molecule has 740 valence electrons. The Morgan fingerprint density at radius 1 is 0.460 bits per heavy atom. The number of hydrogen-bond donors (Lipinski definition) is 8. The number of carbonyl (C=O) groups excluding carboxylic acids is 4. The lowest BCUT2D eigenvalue weighted by molar-refractivity contribution is 0.0972. The first-order chi connectivity index (χ1) is 65.8. The molecule has 11 N–H and O–H groups in total. The van der Waals surface area contributed by atoms with Gasteiger partial charge < -0.3 is 51.0 Å². The summed E-state index contributed by atoms with van der Waals surface area (Å²) in [5, 5.41) is 5.07. The number of nitrogen functional groups attached to an aromatic ring is 3. The van der Waals surface area contributed by atoms with Crippen LogP contribution in [-0.4, -0.2) is 173 Å². The zero-order valence-electron chi connectivity index (χ0n) is 79.9. The number of piperidine rings is 3. The molecule has 0 bridgehead atoms. The van der Waals surface area contributed by atoms with Crippen molar-refractivity contribution in [3.8, 4) is 51.2 Å². The van der Waals surface area contributed by atoms with Gasteiger partial charge in [0.2, 0.25) is 5.88 Å². The fourth-order valence-electron chi connectivity index (χ4n) is 15.9. The molecule has 35 nitrogen and oxygen atoms in total. The molecule has 15 rings (SSSR count). The van der Waals surface area contributed by atoms with E-state index in [9.17, 15) is 61.6 Å². The number of nitrogens with zero attached hydrogens (tertiary/aromatic N) is 12. The van der Waals surface area contributed by atoms with Crippen molar-refractivity contribution in [1.82, 2.24) is 64.0 Å². The third-order valence-electron chi connectivity index (χ3n) is 22.8. The lowest BCUT2D eigenvalue weighted by atomic mass is 9.91. The van der Waals surface area contributed by atoms with Gasteiger partial charge in [0.05, 0.1) is 69.7 Å². The van der Waals surface area contributed by atoms with Gasteiger partial charge in [0, 0.05) is 109 Å². The largest absolute Gasteiger partial charge is 0.493 e. The molecule has 4 amide bonds. The highest BCUT2D eigenvalue weighted by Crippen LogP contribution is 2.38. The molecule has 3 aromatic carbocycles. The third-order valence-corrected chi connectivity index (χ3v) is 27.9. The van der Waals surface area contributed by atoms with Crippen molar-refractivity contribution in [1.29, 1.82) is 0 Å². The smallest absolute Gasteiger partial charge is 0.281 e. The van der Waals surface area contributed by atoms with E-state index in [1.165, 1.54) is 109 Å². The quantitative estimate of drug-likeness (QED) is 0.0222. The van der Waals surface area contributed by atoms with Crippen LogP contribution in [0.5, 0.6) is 17.4 Å². The molecule has 11 aromatic rings. The molecule has 0 radical (unpaired) electrons. The molecule has 4 aliphatic rings. The van der Waals surface area contributed by atoms with E-state index in [-0.39, 0.29) is 89.3 Å². The van der Waals surface area contributed by atoms with E-state index in [0.29, 0.717) is 126 Å². The molecule has 4 saturated heterocycles. The van der Waals surface area contributed by atoms with Crippen LogP contribution >= 0.6 is 0 Å². The summed E-state index contributed by atoms with van der Waals surface area (Å²) >= 11 is 0. The molecular weight excluding hydrogens is 1860 g/mol. The monoisotopic (exact) mass is 1980 g/mol. The minimum absolute atomic E-state index is 0.00534. The van der Waals surface area contributed by atoms with Crippen LogP contribution < -0.4 is 69.9 Å². The van der Waals surface area contributed by atoms with Crippen molar-refractivity contribution in [3.05, 3.63) is 216 Å². The summed E-state index contributed by atoms with van der Waals surface area (Å²) in [5.74, 6) is 0.226. The second-order valence-corrected chi connectivity index (χ2v) is 43.6. The van der Waals surface area contributed by atoms with Crippen LogP contribution in [0.2, 0.25) is 0 Å². The van der Waals surface area contributed by atoms with Crippen LogP contribution in [-0.2, 0) is 45.5 Å². The van der Waals surface area contributed by atoms with E-state index in [0.717, 1.165) is 82.1 Å². The van der Waals surface area contributed by atoms with Crippen LogP contribution in [0.25, 0.3) is 33.8 Å². The van der Waals surface area contributed by atoms with Gasteiger partial charge in [-0.25, -0.2) is 71.0 Å². The maximum absolute atomic E-state index is 14.5. The summed E-state index contributed by atoms with van der Waals surface area (Å²) in [6, 6.07) is 40.7. The minimum atomic E-state index is -4.29. The number of H-pyrrole nitrogens is 1. The number of pyridine rings is 7. The number of nitrogens with two attached hydrogens (primary N) is 3. The number of hydrogen-bond acceptors (Lipinski definition) is 30. The fraction of sp³-hybridized carbons (Fsp3) is 0.388. The van der Waals surface area contributed by atoms with Gasteiger partial charge in [-0.2, -0.15) is 30.4 Å². The molecule has 8 aromatic heterocycles. The fourth-order valence-corrected chi connectivity index (χ4v) is 19.6. The number of sulfonamides is 4. The topological polar surface area (TPSA) is 491 Å². The number of nitrogens with one attached hydrogen (secondary N) is 5. The van der Waals surface area contributed by atoms with Crippen LogP contribution in [0.3, 0.4) is 0 Å². The highest BCUT2D eigenvalue weighted by molar-refractivity contribution is 7.91. The lowest BCUT2D eigenvalue weighted by Gasteiger charge is -2.33. The average molecular weight is 1980 g/mol. The Bertz CT molecular complexity index is 6690. The zero-order chi connectivity index (χ0) is 101. The van der Waals surface area contributed by atoms with E-state index in [2.05, 4.69) is 83.6 Å². The third kappa shape index (κ3) is 27.9. The molecule has 12 heterocycles. The molecule has 1 unspecified atom stereocenters. The highest BCUT2D eigenvalue weighted by Gasteiger charge is 2.36. The van der Waals surface area contributed by atoms with Gasteiger partial charge in [-0.15, -0.1) is 0 Å². The number of amides is 4. The molecule has 4 aliphatic heterocycles. The summed E-state index contributed by atoms with van der Waals surface area (Å²) in [6.45, 7) is 31.5. The second kappa shape index (κ2) is 45.4. The number of aromatic nitrogens is 9. The number of benzene rings is 3. The van der Waals surface area contributed by atoms with Crippen molar-refractivity contribution in [3.63, 3.8) is 0 Å². The van der Waals surface area contributed by atoms with Gasteiger partial charge >= 0.3 is 0 Å². The van der Waals surface area contributed by atoms with Gasteiger partial charge in [0.25, 0.3) is 63.7 Å². The van der Waals surface area contributed by atoms with Crippen molar-refractivity contribution in [2.75, 3.05) is 89.3 Å². The van der Waals surface area contributed by atoms with Crippen molar-refractivity contribution < 1.29 is 75.8 Å².